The van der Waals surface area contributed by atoms with Gasteiger partial charge in [0.25, 0.3) is 5.91 Å². The zero-order valence-electron chi connectivity index (χ0n) is 13.7. The van der Waals surface area contributed by atoms with Crippen LogP contribution in [0.3, 0.4) is 0 Å². The van der Waals surface area contributed by atoms with E-state index in [1.807, 2.05) is 12.1 Å². The number of halogens is 1. The largest absolute Gasteiger partial charge is 0.496 e. The molecule has 0 aromatic heterocycles. The zero-order valence-corrected chi connectivity index (χ0v) is 15.2. The van der Waals surface area contributed by atoms with Gasteiger partial charge in [-0.25, -0.2) is 0 Å². The van der Waals surface area contributed by atoms with E-state index in [0.29, 0.717) is 11.5 Å². The number of para-hydroxylation sites is 1. The van der Waals surface area contributed by atoms with Crippen LogP contribution < -0.4 is 14.8 Å². The van der Waals surface area contributed by atoms with Gasteiger partial charge in [0.15, 0.2) is 6.61 Å². The van der Waals surface area contributed by atoms with Crippen molar-refractivity contribution in [3.63, 3.8) is 0 Å². The number of hydrogen-bond donors (Lipinski definition) is 1. The van der Waals surface area contributed by atoms with Crippen molar-refractivity contribution in [3.05, 3.63) is 58.6 Å². The molecule has 7 heteroatoms. The smallest absolute Gasteiger partial charge is 0.325 e. The van der Waals surface area contributed by atoms with Gasteiger partial charge >= 0.3 is 5.97 Å². The molecule has 25 heavy (non-hydrogen) atoms. The summed E-state index contributed by atoms with van der Waals surface area (Å²) in [6, 6.07) is 14.4. The summed E-state index contributed by atoms with van der Waals surface area (Å²) < 4.78 is 16.5. The fourth-order valence-electron chi connectivity index (χ4n) is 1.96. The Kier molecular flexibility index (Phi) is 7.28. The van der Waals surface area contributed by atoms with Crippen LogP contribution in [0.4, 0.5) is 0 Å². The molecular formula is C18H18BrNO5. The standard InChI is InChI=1S/C18H18BrNO5/c1-23-16-8-7-14(19)9-13(16)11-25-18(22)10-20-17(21)12-24-15-5-3-2-4-6-15/h2-9H,10-12H2,1H3,(H,20,21). The molecular weight excluding hydrogens is 390 g/mol. The van der Waals surface area contributed by atoms with Crippen molar-refractivity contribution in [1.82, 2.24) is 5.32 Å². The van der Waals surface area contributed by atoms with E-state index in [0.717, 1.165) is 10.0 Å². The second-order valence-corrected chi connectivity index (χ2v) is 5.91. The first-order chi connectivity index (χ1) is 12.1. The Hall–Kier alpha value is -2.54. The first-order valence-electron chi connectivity index (χ1n) is 7.51. The predicted octanol–water partition coefficient (Wildman–Crippen LogP) is 2.70. The zero-order chi connectivity index (χ0) is 18.1. The van der Waals surface area contributed by atoms with Crippen molar-refractivity contribution < 1.29 is 23.8 Å². The molecule has 0 saturated heterocycles. The minimum absolute atomic E-state index is 0.0534. The highest BCUT2D eigenvalue weighted by Crippen LogP contribution is 2.23. The number of carbonyl (C=O) groups is 2. The SMILES string of the molecule is COc1ccc(Br)cc1COC(=O)CNC(=O)COc1ccccc1. The van der Waals surface area contributed by atoms with Crippen LogP contribution >= 0.6 is 15.9 Å². The number of ether oxygens (including phenoxy) is 3. The van der Waals surface area contributed by atoms with Gasteiger partial charge in [-0.05, 0) is 30.3 Å². The maximum atomic E-state index is 11.7. The molecule has 0 spiro atoms. The number of hydrogen-bond acceptors (Lipinski definition) is 5. The topological polar surface area (TPSA) is 73.9 Å². The second kappa shape index (κ2) is 9.68. The molecule has 0 fully saturated rings. The van der Waals surface area contributed by atoms with E-state index in [2.05, 4.69) is 21.2 Å². The number of rotatable bonds is 8. The molecule has 0 unspecified atom stereocenters. The predicted molar refractivity (Wildman–Crippen MR) is 95.4 cm³/mol. The van der Waals surface area contributed by atoms with E-state index in [9.17, 15) is 9.59 Å². The average molecular weight is 408 g/mol. The van der Waals surface area contributed by atoms with Gasteiger partial charge in [0, 0.05) is 10.0 Å². The van der Waals surface area contributed by atoms with Crippen LogP contribution in [0.2, 0.25) is 0 Å². The third kappa shape index (κ3) is 6.46. The van der Waals surface area contributed by atoms with E-state index in [1.165, 1.54) is 0 Å². The number of amides is 1. The van der Waals surface area contributed by atoms with Gasteiger partial charge < -0.3 is 19.5 Å². The average Bonchev–Trinajstić information content (AvgIpc) is 2.64. The Morgan fingerprint density at radius 3 is 2.60 bits per heavy atom. The van der Waals surface area contributed by atoms with E-state index >= 15 is 0 Å². The molecule has 6 nitrogen and oxygen atoms in total. The maximum Gasteiger partial charge on any atom is 0.325 e. The molecule has 0 saturated carbocycles. The number of benzene rings is 2. The fraction of sp³-hybridized carbons (Fsp3) is 0.222. The van der Waals surface area contributed by atoms with Crippen molar-refractivity contribution in [3.8, 4) is 11.5 Å². The highest BCUT2D eigenvalue weighted by molar-refractivity contribution is 9.10. The molecule has 0 heterocycles. The lowest BCUT2D eigenvalue weighted by Gasteiger charge is -2.10. The number of esters is 1. The number of carbonyl (C=O) groups excluding carboxylic acids is 2. The summed E-state index contributed by atoms with van der Waals surface area (Å²) in [5.41, 5.74) is 0.726. The van der Waals surface area contributed by atoms with Crippen LogP contribution in [0, 0.1) is 0 Å². The summed E-state index contributed by atoms with van der Waals surface area (Å²) in [5, 5.41) is 2.45. The van der Waals surface area contributed by atoms with Gasteiger partial charge in [0.2, 0.25) is 0 Å². The molecule has 2 rings (SSSR count). The minimum atomic E-state index is -0.546. The lowest BCUT2D eigenvalue weighted by Crippen LogP contribution is -2.34. The first-order valence-corrected chi connectivity index (χ1v) is 8.30. The van der Waals surface area contributed by atoms with Crippen LogP contribution in [-0.4, -0.2) is 32.1 Å². The normalized spacial score (nSPS) is 10.0. The molecule has 0 aliphatic rings. The molecule has 2 aromatic rings. The highest BCUT2D eigenvalue weighted by Gasteiger charge is 2.10. The second-order valence-electron chi connectivity index (χ2n) is 5.00. The van der Waals surface area contributed by atoms with Crippen molar-refractivity contribution in [2.75, 3.05) is 20.3 Å². The summed E-state index contributed by atoms with van der Waals surface area (Å²) in [6.07, 6.45) is 0. The summed E-state index contributed by atoms with van der Waals surface area (Å²) in [7, 11) is 1.54. The van der Waals surface area contributed by atoms with Gasteiger partial charge in [0.05, 0.1) is 7.11 Å². The first kappa shape index (κ1) is 18.8. The van der Waals surface area contributed by atoms with Gasteiger partial charge in [-0.3, -0.25) is 9.59 Å². The quantitative estimate of drug-likeness (QED) is 0.680. The fourth-order valence-corrected chi connectivity index (χ4v) is 2.37. The van der Waals surface area contributed by atoms with Gasteiger partial charge in [-0.15, -0.1) is 0 Å². The van der Waals surface area contributed by atoms with Gasteiger partial charge in [0.1, 0.15) is 24.7 Å². The Morgan fingerprint density at radius 2 is 1.88 bits per heavy atom. The maximum absolute atomic E-state index is 11.7. The molecule has 132 valence electrons. The van der Waals surface area contributed by atoms with Crippen molar-refractivity contribution in [2.24, 2.45) is 0 Å². The lowest BCUT2D eigenvalue weighted by atomic mass is 10.2. The number of nitrogens with one attached hydrogen (secondary N) is 1. The Bertz CT molecular complexity index is 721. The van der Waals surface area contributed by atoms with Crippen LogP contribution in [-0.2, 0) is 20.9 Å². The van der Waals surface area contributed by atoms with Crippen LogP contribution in [0.25, 0.3) is 0 Å². The Labute approximate surface area is 154 Å². The molecule has 2 aromatic carbocycles. The highest BCUT2D eigenvalue weighted by atomic mass is 79.9. The summed E-state index contributed by atoms with van der Waals surface area (Å²) in [4.78, 5) is 23.4. The lowest BCUT2D eigenvalue weighted by molar-refractivity contribution is -0.145. The third-order valence-corrected chi connectivity index (χ3v) is 3.67. The molecule has 0 aliphatic carbocycles. The monoisotopic (exact) mass is 407 g/mol. The van der Waals surface area contributed by atoms with Crippen LogP contribution in [0.15, 0.2) is 53.0 Å². The molecule has 0 bridgehead atoms. The van der Waals surface area contributed by atoms with Crippen LogP contribution in [0.1, 0.15) is 5.56 Å². The van der Waals surface area contributed by atoms with Crippen molar-refractivity contribution >= 4 is 27.8 Å². The minimum Gasteiger partial charge on any atom is -0.496 e. The van der Waals surface area contributed by atoms with Gasteiger partial charge in [-0.1, -0.05) is 34.1 Å². The van der Waals surface area contributed by atoms with Crippen molar-refractivity contribution in [2.45, 2.75) is 6.61 Å². The van der Waals surface area contributed by atoms with E-state index in [1.54, 1.807) is 43.5 Å². The third-order valence-electron chi connectivity index (χ3n) is 3.17. The Balaban J connectivity index is 1.72. The van der Waals surface area contributed by atoms with Gasteiger partial charge in [-0.2, -0.15) is 0 Å². The summed E-state index contributed by atoms with van der Waals surface area (Å²) in [5.74, 6) is 0.259. The summed E-state index contributed by atoms with van der Waals surface area (Å²) in [6.45, 7) is -0.345. The van der Waals surface area contributed by atoms with Crippen molar-refractivity contribution in [1.29, 1.82) is 0 Å². The Morgan fingerprint density at radius 1 is 1.12 bits per heavy atom. The molecule has 1 N–H and O–H groups in total. The molecule has 1 amide bonds. The number of methoxy groups -OCH3 is 1. The summed E-state index contributed by atoms with van der Waals surface area (Å²) >= 11 is 3.35. The van der Waals surface area contributed by atoms with E-state index < -0.39 is 11.9 Å². The van der Waals surface area contributed by atoms with E-state index in [4.69, 9.17) is 14.2 Å². The molecule has 0 atom stereocenters. The molecule has 0 radical (unpaired) electrons. The molecule has 0 aliphatic heterocycles. The van der Waals surface area contributed by atoms with E-state index in [-0.39, 0.29) is 19.8 Å². The van der Waals surface area contributed by atoms with Crippen LogP contribution in [0.5, 0.6) is 11.5 Å².